The van der Waals surface area contributed by atoms with Gasteiger partial charge in [-0.05, 0) is 46.7 Å². The molecule has 0 amide bonds. The standard InChI is InChI=1S/C24H30N6O2/c1-29(2)19-12-10-18(11-13-19)24-26-27-28-30(24)21-16-32-22-20(15-31-23(21)22)25-14-6-9-17-7-4-3-5-8-17/h3-5,7-8,10-13,20-23,25H,6,9,14-16H2,1-2H3/p+1/t20-,21-,22+,23+/m0/s1. The van der Waals surface area contributed by atoms with Crippen LogP contribution in [0, 0.1) is 0 Å². The van der Waals surface area contributed by atoms with E-state index in [0.29, 0.717) is 19.3 Å². The zero-order chi connectivity index (χ0) is 21.9. The van der Waals surface area contributed by atoms with Gasteiger partial charge in [-0.1, -0.05) is 30.3 Å². The first kappa shape index (κ1) is 21.1. The van der Waals surface area contributed by atoms with Crippen LogP contribution in [0.1, 0.15) is 18.0 Å². The topological polar surface area (TPSA) is 81.9 Å². The third-order valence-corrected chi connectivity index (χ3v) is 6.50. The van der Waals surface area contributed by atoms with Crippen LogP contribution in [0.5, 0.6) is 0 Å². The van der Waals surface area contributed by atoms with Crippen molar-refractivity contribution in [2.45, 2.75) is 37.1 Å². The lowest BCUT2D eigenvalue weighted by Crippen LogP contribution is -2.92. The van der Waals surface area contributed by atoms with E-state index in [4.69, 9.17) is 9.47 Å². The maximum Gasteiger partial charge on any atom is 0.182 e. The first-order valence-electron chi connectivity index (χ1n) is 11.4. The third kappa shape index (κ3) is 4.26. The fourth-order valence-electron chi connectivity index (χ4n) is 4.72. The van der Waals surface area contributed by atoms with E-state index in [1.54, 1.807) is 0 Å². The van der Waals surface area contributed by atoms with Crippen molar-refractivity contribution in [3.8, 4) is 11.4 Å². The summed E-state index contributed by atoms with van der Waals surface area (Å²) in [5, 5.41) is 14.9. The van der Waals surface area contributed by atoms with Crippen LogP contribution in [0.2, 0.25) is 0 Å². The van der Waals surface area contributed by atoms with Gasteiger partial charge >= 0.3 is 0 Å². The van der Waals surface area contributed by atoms with Crippen LogP contribution in [-0.2, 0) is 15.9 Å². The summed E-state index contributed by atoms with van der Waals surface area (Å²) in [6.07, 6.45) is 2.29. The molecular formula is C24H31N6O2+. The summed E-state index contributed by atoms with van der Waals surface area (Å²) in [5.74, 6) is 0.753. The fourth-order valence-corrected chi connectivity index (χ4v) is 4.72. The van der Waals surface area contributed by atoms with Gasteiger partial charge in [-0.3, -0.25) is 0 Å². The number of rotatable bonds is 8. The zero-order valence-corrected chi connectivity index (χ0v) is 18.7. The molecule has 32 heavy (non-hydrogen) atoms. The first-order chi connectivity index (χ1) is 15.7. The Morgan fingerprint density at radius 1 is 1.00 bits per heavy atom. The molecule has 168 valence electrons. The van der Waals surface area contributed by atoms with E-state index in [1.807, 2.05) is 18.8 Å². The van der Waals surface area contributed by atoms with Crippen molar-refractivity contribution in [1.29, 1.82) is 0 Å². The number of fused-ring (bicyclic) bond motifs is 1. The van der Waals surface area contributed by atoms with Gasteiger partial charge in [-0.25, -0.2) is 4.68 Å². The largest absolute Gasteiger partial charge is 0.378 e. The van der Waals surface area contributed by atoms with E-state index >= 15 is 0 Å². The van der Waals surface area contributed by atoms with Crippen molar-refractivity contribution in [2.24, 2.45) is 0 Å². The second-order valence-corrected chi connectivity index (χ2v) is 8.83. The highest BCUT2D eigenvalue weighted by Crippen LogP contribution is 2.35. The van der Waals surface area contributed by atoms with Gasteiger partial charge in [0.1, 0.15) is 30.9 Å². The molecule has 0 radical (unpaired) electrons. The predicted molar refractivity (Wildman–Crippen MR) is 121 cm³/mol. The molecule has 2 aliphatic heterocycles. The summed E-state index contributed by atoms with van der Waals surface area (Å²) in [6, 6.07) is 19.2. The molecule has 5 rings (SSSR count). The van der Waals surface area contributed by atoms with Crippen molar-refractivity contribution in [1.82, 2.24) is 20.2 Å². The Hall–Kier alpha value is -2.81. The number of tetrazole rings is 1. The Balaban J connectivity index is 1.20. The van der Waals surface area contributed by atoms with Gasteiger partial charge in [0.15, 0.2) is 5.82 Å². The molecule has 2 fully saturated rings. The van der Waals surface area contributed by atoms with E-state index in [-0.39, 0.29) is 18.2 Å². The number of nitrogens with zero attached hydrogens (tertiary/aromatic N) is 5. The molecule has 8 heteroatoms. The number of aryl methyl sites for hydroxylation is 1. The Labute approximate surface area is 188 Å². The highest BCUT2D eigenvalue weighted by atomic mass is 16.6. The van der Waals surface area contributed by atoms with Gasteiger partial charge in [0.05, 0.1) is 13.2 Å². The van der Waals surface area contributed by atoms with Crippen molar-refractivity contribution in [3.05, 3.63) is 60.2 Å². The molecule has 8 nitrogen and oxygen atoms in total. The van der Waals surface area contributed by atoms with E-state index in [9.17, 15) is 0 Å². The summed E-state index contributed by atoms with van der Waals surface area (Å²) < 4.78 is 14.3. The molecule has 0 spiro atoms. The van der Waals surface area contributed by atoms with Crippen LogP contribution < -0.4 is 10.2 Å². The van der Waals surface area contributed by atoms with Gasteiger partial charge in [0.2, 0.25) is 0 Å². The van der Waals surface area contributed by atoms with Crippen molar-refractivity contribution >= 4 is 5.69 Å². The van der Waals surface area contributed by atoms with Crippen molar-refractivity contribution in [3.63, 3.8) is 0 Å². The zero-order valence-electron chi connectivity index (χ0n) is 18.7. The molecule has 2 aromatic carbocycles. The number of hydrogen-bond acceptors (Lipinski definition) is 6. The lowest BCUT2D eigenvalue weighted by atomic mass is 10.1. The lowest BCUT2D eigenvalue weighted by molar-refractivity contribution is -0.693. The molecule has 0 unspecified atom stereocenters. The molecule has 2 N–H and O–H groups in total. The maximum atomic E-state index is 6.20. The Morgan fingerprint density at radius 3 is 2.56 bits per heavy atom. The molecule has 3 aromatic rings. The minimum Gasteiger partial charge on any atom is -0.378 e. The molecule has 0 bridgehead atoms. The quantitative estimate of drug-likeness (QED) is 0.538. The fraction of sp³-hybridized carbons (Fsp3) is 0.458. The molecule has 0 aliphatic carbocycles. The molecule has 2 aliphatic rings. The third-order valence-electron chi connectivity index (χ3n) is 6.50. The van der Waals surface area contributed by atoms with Gasteiger partial charge in [0.25, 0.3) is 0 Å². The number of benzene rings is 2. The summed E-state index contributed by atoms with van der Waals surface area (Å²) in [6.45, 7) is 2.33. The number of aromatic nitrogens is 4. The van der Waals surface area contributed by atoms with E-state index in [2.05, 4.69) is 80.3 Å². The van der Waals surface area contributed by atoms with Crippen molar-refractivity contribution in [2.75, 3.05) is 38.8 Å². The van der Waals surface area contributed by atoms with Crippen LogP contribution in [0.25, 0.3) is 11.4 Å². The van der Waals surface area contributed by atoms with E-state index < -0.39 is 0 Å². The summed E-state index contributed by atoms with van der Waals surface area (Å²) in [5.41, 5.74) is 3.52. The summed E-state index contributed by atoms with van der Waals surface area (Å²) in [4.78, 5) is 2.07. The van der Waals surface area contributed by atoms with Gasteiger partial charge in [-0.2, -0.15) is 0 Å². The van der Waals surface area contributed by atoms with Crippen LogP contribution in [0.4, 0.5) is 5.69 Å². The highest BCUT2D eigenvalue weighted by Gasteiger charge is 2.51. The summed E-state index contributed by atoms with van der Waals surface area (Å²) >= 11 is 0. The second kappa shape index (κ2) is 9.36. The molecule has 4 atom stereocenters. The number of anilines is 1. The Bertz CT molecular complexity index is 1010. The van der Waals surface area contributed by atoms with Gasteiger partial charge < -0.3 is 19.7 Å². The van der Waals surface area contributed by atoms with E-state index in [0.717, 1.165) is 36.5 Å². The average molecular weight is 436 g/mol. The van der Waals surface area contributed by atoms with E-state index in [1.165, 1.54) is 5.56 Å². The van der Waals surface area contributed by atoms with Gasteiger partial charge in [-0.15, -0.1) is 5.10 Å². The van der Waals surface area contributed by atoms with Crippen LogP contribution in [0.15, 0.2) is 54.6 Å². The number of nitrogens with two attached hydrogens (primary N) is 1. The van der Waals surface area contributed by atoms with Crippen LogP contribution in [-0.4, -0.2) is 72.3 Å². The second-order valence-electron chi connectivity index (χ2n) is 8.83. The molecule has 3 heterocycles. The number of hydrogen-bond donors (Lipinski definition) is 1. The lowest BCUT2D eigenvalue weighted by Gasteiger charge is -2.17. The smallest absolute Gasteiger partial charge is 0.182 e. The highest BCUT2D eigenvalue weighted by molar-refractivity contribution is 5.60. The number of ether oxygens (including phenoxy) is 2. The van der Waals surface area contributed by atoms with Crippen molar-refractivity contribution < 1.29 is 14.8 Å². The average Bonchev–Trinajstić information content (AvgIpc) is 3.54. The van der Waals surface area contributed by atoms with Crippen LogP contribution >= 0.6 is 0 Å². The minimum absolute atomic E-state index is 0.0127. The first-order valence-corrected chi connectivity index (χ1v) is 11.4. The SMILES string of the molecule is CN(C)c1ccc(-c2nnnn2[C@H]2CO[C@H]3[C@@H]2OC[C@@H]3[NH2+]CCCc2ccccc2)cc1. The maximum absolute atomic E-state index is 6.20. The molecular weight excluding hydrogens is 404 g/mol. The monoisotopic (exact) mass is 435 g/mol. The summed E-state index contributed by atoms with van der Waals surface area (Å²) in [7, 11) is 4.06. The normalized spacial score (nSPS) is 24.6. The predicted octanol–water partition coefficient (Wildman–Crippen LogP) is 1.31. The molecule has 2 saturated heterocycles. The number of quaternary nitrogens is 1. The van der Waals surface area contributed by atoms with Crippen LogP contribution in [0.3, 0.4) is 0 Å². The minimum atomic E-state index is -0.0197. The Morgan fingerprint density at radius 2 is 1.78 bits per heavy atom. The Kier molecular flexibility index (Phi) is 6.16. The van der Waals surface area contributed by atoms with Gasteiger partial charge in [0, 0.05) is 31.8 Å². The molecule has 0 saturated carbocycles. The molecule has 1 aromatic heterocycles.